The minimum absolute atomic E-state index is 0.101. The molecule has 196 valence electrons. The van der Waals surface area contributed by atoms with E-state index in [0.29, 0.717) is 25.8 Å². The van der Waals surface area contributed by atoms with Crippen LogP contribution in [0.15, 0.2) is 24.3 Å². The van der Waals surface area contributed by atoms with E-state index in [0.717, 1.165) is 5.56 Å². The van der Waals surface area contributed by atoms with E-state index in [4.69, 9.17) is 11.5 Å². The van der Waals surface area contributed by atoms with Crippen LogP contribution >= 0.6 is 0 Å². The Morgan fingerprint density at radius 3 is 2.11 bits per heavy atom. The van der Waals surface area contributed by atoms with Gasteiger partial charge in [0.25, 0.3) is 0 Å². The first kappa shape index (κ1) is 29.9. The number of benzene rings is 1. The van der Waals surface area contributed by atoms with Crippen LogP contribution in [-0.2, 0) is 25.6 Å². The summed E-state index contributed by atoms with van der Waals surface area (Å²) < 4.78 is 0. The van der Waals surface area contributed by atoms with Crippen molar-refractivity contribution in [3.63, 3.8) is 0 Å². The summed E-state index contributed by atoms with van der Waals surface area (Å²) in [6.07, 6.45) is 2.19. The molecule has 0 radical (unpaired) electrons. The molecule has 1 rings (SSSR count). The predicted molar refractivity (Wildman–Crippen MR) is 131 cm³/mol. The third-order valence-electron chi connectivity index (χ3n) is 5.84. The minimum atomic E-state index is -1.17. The molecular formula is C24H39N5O6. The number of carbonyl (C=O) groups is 4. The van der Waals surface area contributed by atoms with Gasteiger partial charge in [0, 0.05) is 0 Å². The molecule has 0 aliphatic carbocycles. The van der Waals surface area contributed by atoms with Gasteiger partial charge in [-0.1, -0.05) is 32.4 Å². The Morgan fingerprint density at radius 2 is 1.57 bits per heavy atom. The number of aliphatic carboxylic acids is 1. The fourth-order valence-electron chi connectivity index (χ4n) is 3.36. The Morgan fingerprint density at radius 1 is 0.943 bits per heavy atom. The molecule has 1 aromatic carbocycles. The van der Waals surface area contributed by atoms with E-state index in [-0.39, 0.29) is 24.5 Å². The molecule has 0 saturated carbocycles. The number of rotatable bonds is 15. The number of carboxylic acid groups (broad SMARTS) is 1. The Hall–Kier alpha value is -3.18. The SMILES string of the molecule is CCC(C)C(NC(=O)C(N)Cc1ccc(O)cc1)C(=O)NC(C)C(=O)NC(CCCCN)C(=O)O. The van der Waals surface area contributed by atoms with Crippen LogP contribution in [0.4, 0.5) is 0 Å². The second-order valence-corrected chi connectivity index (χ2v) is 8.76. The van der Waals surface area contributed by atoms with Crippen molar-refractivity contribution in [1.82, 2.24) is 16.0 Å². The molecule has 0 heterocycles. The third kappa shape index (κ3) is 10.3. The number of hydrogen-bond acceptors (Lipinski definition) is 7. The number of hydrogen-bond donors (Lipinski definition) is 7. The summed E-state index contributed by atoms with van der Waals surface area (Å²) in [4.78, 5) is 49.6. The molecule has 1 aromatic rings. The molecule has 5 atom stereocenters. The number of phenolic OH excluding ortho intramolecular Hbond substituents is 1. The van der Waals surface area contributed by atoms with Crippen molar-refractivity contribution < 1.29 is 29.4 Å². The van der Waals surface area contributed by atoms with Crippen molar-refractivity contribution in [2.45, 2.75) is 77.0 Å². The van der Waals surface area contributed by atoms with Crippen LogP contribution in [0.3, 0.4) is 0 Å². The quantitative estimate of drug-likeness (QED) is 0.166. The molecule has 0 aromatic heterocycles. The van der Waals surface area contributed by atoms with Crippen LogP contribution in [0.2, 0.25) is 0 Å². The lowest BCUT2D eigenvalue weighted by molar-refractivity contribution is -0.142. The molecule has 0 spiro atoms. The van der Waals surface area contributed by atoms with Crippen molar-refractivity contribution in [3.8, 4) is 5.75 Å². The van der Waals surface area contributed by atoms with E-state index < -0.39 is 47.9 Å². The van der Waals surface area contributed by atoms with Gasteiger partial charge in [-0.25, -0.2) is 4.79 Å². The maximum Gasteiger partial charge on any atom is 0.326 e. The van der Waals surface area contributed by atoms with Crippen LogP contribution in [0, 0.1) is 5.92 Å². The fourth-order valence-corrected chi connectivity index (χ4v) is 3.36. The summed E-state index contributed by atoms with van der Waals surface area (Å²) in [6.45, 7) is 5.52. The molecule has 11 nitrogen and oxygen atoms in total. The van der Waals surface area contributed by atoms with Crippen LogP contribution in [-0.4, -0.2) is 64.6 Å². The number of carboxylic acids is 1. The summed E-state index contributed by atoms with van der Waals surface area (Å²) in [5.74, 6) is -3.05. The van der Waals surface area contributed by atoms with Crippen LogP contribution in [0.5, 0.6) is 5.75 Å². The number of aromatic hydroxyl groups is 1. The highest BCUT2D eigenvalue weighted by Gasteiger charge is 2.31. The normalized spacial score (nSPS) is 15.2. The summed E-state index contributed by atoms with van der Waals surface area (Å²) in [5, 5.41) is 26.4. The van der Waals surface area contributed by atoms with Gasteiger partial charge in [0.05, 0.1) is 6.04 Å². The first-order valence-corrected chi connectivity index (χ1v) is 11.9. The molecule has 11 heteroatoms. The zero-order valence-corrected chi connectivity index (χ0v) is 20.6. The molecule has 0 aliphatic rings. The maximum absolute atomic E-state index is 12.9. The van der Waals surface area contributed by atoms with Crippen molar-refractivity contribution >= 4 is 23.7 Å². The van der Waals surface area contributed by atoms with Gasteiger partial charge in [-0.05, 0) is 62.8 Å². The van der Waals surface area contributed by atoms with Gasteiger partial charge in [0.1, 0.15) is 23.9 Å². The van der Waals surface area contributed by atoms with Crippen LogP contribution in [0.25, 0.3) is 0 Å². The lowest BCUT2D eigenvalue weighted by atomic mass is 9.97. The number of unbranched alkanes of at least 4 members (excludes halogenated alkanes) is 1. The molecular weight excluding hydrogens is 454 g/mol. The zero-order valence-electron chi connectivity index (χ0n) is 20.6. The highest BCUT2D eigenvalue weighted by atomic mass is 16.4. The van der Waals surface area contributed by atoms with Gasteiger partial charge in [-0.15, -0.1) is 0 Å². The largest absolute Gasteiger partial charge is 0.508 e. The first-order valence-electron chi connectivity index (χ1n) is 11.9. The monoisotopic (exact) mass is 493 g/mol. The molecule has 0 fully saturated rings. The molecule has 5 unspecified atom stereocenters. The number of carbonyl (C=O) groups excluding carboxylic acids is 3. The second-order valence-electron chi connectivity index (χ2n) is 8.76. The van der Waals surface area contributed by atoms with E-state index in [1.54, 1.807) is 19.1 Å². The van der Waals surface area contributed by atoms with Gasteiger partial charge >= 0.3 is 5.97 Å². The molecule has 0 aliphatic heterocycles. The Bertz CT molecular complexity index is 847. The number of phenols is 1. The van der Waals surface area contributed by atoms with Gasteiger partial charge in [0.15, 0.2) is 0 Å². The number of nitrogens with two attached hydrogens (primary N) is 2. The zero-order chi connectivity index (χ0) is 26.5. The summed E-state index contributed by atoms with van der Waals surface area (Å²) >= 11 is 0. The molecule has 3 amide bonds. The Kier molecular flexibility index (Phi) is 12.7. The summed E-state index contributed by atoms with van der Waals surface area (Å²) in [6, 6.07) is 2.33. The Balaban J connectivity index is 2.76. The average Bonchev–Trinajstić information content (AvgIpc) is 2.82. The maximum atomic E-state index is 12.9. The van der Waals surface area contributed by atoms with Gasteiger partial charge in [0.2, 0.25) is 17.7 Å². The second kappa shape index (κ2) is 14.9. The highest BCUT2D eigenvalue weighted by molar-refractivity contribution is 5.94. The van der Waals surface area contributed by atoms with E-state index in [9.17, 15) is 29.4 Å². The molecule has 35 heavy (non-hydrogen) atoms. The van der Waals surface area contributed by atoms with Gasteiger partial charge in [-0.3, -0.25) is 14.4 Å². The van der Waals surface area contributed by atoms with Crippen LogP contribution < -0.4 is 27.4 Å². The molecule has 9 N–H and O–H groups in total. The van der Waals surface area contributed by atoms with E-state index in [2.05, 4.69) is 16.0 Å². The smallest absolute Gasteiger partial charge is 0.326 e. The fraction of sp³-hybridized carbons (Fsp3) is 0.583. The summed E-state index contributed by atoms with van der Waals surface area (Å²) in [5.41, 5.74) is 12.2. The van der Waals surface area contributed by atoms with Crippen molar-refractivity contribution in [1.29, 1.82) is 0 Å². The standard InChI is InChI=1S/C24H39N5O6/c1-4-14(2)20(29-22(32)18(26)13-16-8-10-17(30)11-9-16)23(33)27-15(3)21(31)28-19(24(34)35)7-5-6-12-25/h8-11,14-15,18-20,30H,4-7,12-13,25-26H2,1-3H3,(H,27,33)(H,28,31)(H,29,32)(H,34,35). The number of nitrogens with one attached hydrogen (secondary N) is 3. The van der Waals surface area contributed by atoms with E-state index in [1.165, 1.54) is 19.1 Å². The van der Waals surface area contributed by atoms with E-state index >= 15 is 0 Å². The van der Waals surface area contributed by atoms with Gasteiger partial charge < -0.3 is 37.6 Å². The van der Waals surface area contributed by atoms with Crippen molar-refractivity contribution in [2.75, 3.05) is 6.54 Å². The Labute approximate surface area is 206 Å². The lowest BCUT2D eigenvalue weighted by Gasteiger charge is -2.27. The topological polar surface area (TPSA) is 197 Å². The molecule has 0 bridgehead atoms. The van der Waals surface area contributed by atoms with Crippen LogP contribution in [0.1, 0.15) is 52.0 Å². The van der Waals surface area contributed by atoms with Gasteiger partial charge in [-0.2, -0.15) is 0 Å². The van der Waals surface area contributed by atoms with Crippen molar-refractivity contribution in [2.24, 2.45) is 17.4 Å². The first-order chi connectivity index (χ1) is 16.5. The van der Waals surface area contributed by atoms with E-state index in [1.807, 2.05) is 6.92 Å². The van der Waals surface area contributed by atoms with Crippen molar-refractivity contribution in [3.05, 3.63) is 29.8 Å². The minimum Gasteiger partial charge on any atom is -0.508 e. The average molecular weight is 494 g/mol. The lowest BCUT2D eigenvalue weighted by Crippen LogP contribution is -2.58. The number of amides is 3. The predicted octanol–water partition coefficient (Wildman–Crippen LogP) is -0.00400. The highest BCUT2D eigenvalue weighted by Crippen LogP contribution is 2.12. The third-order valence-corrected chi connectivity index (χ3v) is 5.84. The summed E-state index contributed by atoms with van der Waals surface area (Å²) in [7, 11) is 0. The molecule has 0 saturated heterocycles.